The average Bonchev–Trinajstić information content (AvgIpc) is 3.17. The summed E-state index contributed by atoms with van der Waals surface area (Å²) in [7, 11) is -3.14. The van der Waals surface area contributed by atoms with Gasteiger partial charge >= 0.3 is 0 Å². The van der Waals surface area contributed by atoms with E-state index in [1.165, 1.54) is 37.6 Å². The maximum Gasteiger partial charge on any atom is 0.264 e. The Hall–Kier alpha value is -3.78. The molecule has 0 fully saturated rings. The van der Waals surface area contributed by atoms with Gasteiger partial charge in [-0.2, -0.15) is 4.98 Å². The molecule has 14 heteroatoms. The van der Waals surface area contributed by atoms with Crippen molar-refractivity contribution in [1.82, 2.24) is 19.9 Å². The predicted octanol–water partition coefficient (Wildman–Crippen LogP) is 3.50. The third-order valence-corrected chi connectivity index (χ3v) is 6.84. The standard InChI is InChI=1S/C20H16F2N6O4S2/c1-9-16-19(27-20(24-9)25-10(2)29)33-18(26-16)11-6-14(17(32-3)23-8-11)28-34(30,31)15-5-4-12(21)7-13(15)22/h4-8,28H,1-3H3,(H,24,25,27,29). The number of aromatic nitrogens is 4. The lowest BCUT2D eigenvalue weighted by Crippen LogP contribution is -2.15. The van der Waals surface area contributed by atoms with Gasteiger partial charge in [0.15, 0.2) is 0 Å². The molecule has 176 valence electrons. The van der Waals surface area contributed by atoms with Crippen LogP contribution in [-0.2, 0) is 14.8 Å². The number of carbonyl (C=O) groups excluding carboxylic acids is 1. The van der Waals surface area contributed by atoms with Crippen molar-refractivity contribution in [3.63, 3.8) is 0 Å². The Morgan fingerprint density at radius 1 is 1.15 bits per heavy atom. The van der Waals surface area contributed by atoms with E-state index in [1.807, 2.05) is 0 Å². The number of halogens is 2. The lowest BCUT2D eigenvalue weighted by atomic mass is 10.2. The first-order valence-corrected chi connectivity index (χ1v) is 11.8. The lowest BCUT2D eigenvalue weighted by molar-refractivity contribution is -0.114. The van der Waals surface area contributed by atoms with Gasteiger partial charge in [0, 0.05) is 24.8 Å². The molecule has 0 aliphatic heterocycles. The summed E-state index contributed by atoms with van der Waals surface area (Å²) in [6, 6.07) is 3.54. The third-order valence-electron chi connectivity index (χ3n) is 4.44. The van der Waals surface area contributed by atoms with Gasteiger partial charge in [0.2, 0.25) is 17.7 Å². The minimum atomic E-state index is -4.43. The first-order valence-electron chi connectivity index (χ1n) is 9.52. The molecule has 0 radical (unpaired) electrons. The summed E-state index contributed by atoms with van der Waals surface area (Å²) in [6.45, 7) is 3.05. The quantitative estimate of drug-likeness (QED) is 0.406. The summed E-state index contributed by atoms with van der Waals surface area (Å²) in [5.74, 6) is -2.41. The molecule has 0 saturated heterocycles. The molecule has 1 aromatic carbocycles. The number of fused-ring (bicyclic) bond motifs is 1. The molecule has 3 aromatic heterocycles. The molecule has 1 amide bonds. The molecule has 0 aliphatic carbocycles. The van der Waals surface area contributed by atoms with Gasteiger partial charge < -0.3 is 4.74 Å². The van der Waals surface area contributed by atoms with Crippen molar-refractivity contribution in [2.24, 2.45) is 0 Å². The molecule has 10 nitrogen and oxygen atoms in total. The molecule has 34 heavy (non-hydrogen) atoms. The molecule has 3 heterocycles. The zero-order valence-corrected chi connectivity index (χ0v) is 19.5. The highest BCUT2D eigenvalue weighted by atomic mass is 32.2. The number of carbonyl (C=O) groups is 1. The van der Waals surface area contributed by atoms with E-state index in [-0.39, 0.29) is 23.4 Å². The molecule has 4 rings (SSSR count). The molecular weight excluding hydrogens is 490 g/mol. The first kappa shape index (κ1) is 23.4. The number of amides is 1. The van der Waals surface area contributed by atoms with Crippen LogP contribution in [-0.4, -0.2) is 41.4 Å². The van der Waals surface area contributed by atoms with Crippen molar-refractivity contribution in [2.45, 2.75) is 18.7 Å². The van der Waals surface area contributed by atoms with Crippen LogP contribution in [0.15, 0.2) is 35.4 Å². The van der Waals surface area contributed by atoms with Crippen LogP contribution in [0.25, 0.3) is 20.9 Å². The smallest absolute Gasteiger partial charge is 0.264 e. The number of nitrogens with zero attached hydrogens (tertiary/aromatic N) is 4. The van der Waals surface area contributed by atoms with Crippen LogP contribution in [0.3, 0.4) is 0 Å². The fourth-order valence-corrected chi connectivity index (χ4v) is 5.07. The normalized spacial score (nSPS) is 11.4. The summed E-state index contributed by atoms with van der Waals surface area (Å²) < 4.78 is 60.1. The van der Waals surface area contributed by atoms with Crippen molar-refractivity contribution in [1.29, 1.82) is 0 Å². The van der Waals surface area contributed by atoms with Crippen LogP contribution in [0.5, 0.6) is 5.88 Å². The topological polar surface area (TPSA) is 136 Å². The van der Waals surface area contributed by atoms with Gasteiger partial charge in [0.05, 0.1) is 12.8 Å². The molecule has 0 bridgehead atoms. The zero-order chi connectivity index (χ0) is 24.6. The van der Waals surface area contributed by atoms with E-state index in [4.69, 9.17) is 4.74 Å². The number of benzene rings is 1. The maximum absolute atomic E-state index is 14.1. The SMILES string of the molecule is COc1ncc(-c2nc3c(C)nc(NC(C)=O)nc3s2)cc1NS(=O)(=O)c1ccc(F)cc1F. The fraction of sp³-hybridized carbons (Fsp3) is 0.150. The molecule has 0 atom stereocenters. The van der Waals surface area contributed by atoms with E-state index in [0.717, 1.165) is 12.1 Å². The van der Waals surface area contributed by atoms with Crippen LogP contribution >= 0.6 is 11.3 Å². The van der Waals surface area contributed by atoms with Gasteiger partial charge in [-0.3, -0.25) is 14.8 Å². The van der Waals surface area contributed by atoms with Crippen LogP contribution in [0, 0.1) is 18.6 Å². The van der Waals surface area contributed by atoms with Gasteiger partial charge in [-0.15, -0.1) is 0 Å². The fourth-order valence-electron chi connectivity index (χ4n) is 2.99. The number of hydrogen-bond donors (Lipinski definition) is 2. The van der Waals surface area contributed by atoms with Crippen LogP contribution in [0.2, 0.25) is 0 Å². The Kier molecular flexibility index (Phi) is 6.10. The van der Waals surface area contributed by atoms with Gasteiger partial charge in [-0.25, -0.2) is 32.2 Å². The molecule has 0 saturated carbocycles. The number of sulfonamides is 1. The van der Waals surface area contributed by atoms with E-state index in [9.17, 15) is 22.0 Å². The number of nitrogens with one attached hydrogen (secondary N) is 2. The van der Waals surface area contributed by atoms with Crippen molar-refractivity contribution in [3.05, 3.63) is 47.8 Å². The summed E-state index contributed by atoms with van der Waals surface area (Å²) in [5, 5.41) is 2.96. The van der Waals surface area contributed by atoms with E-state index in [2.05, 4.69) is 30.0 Å². The Labute approximate surface area is 196 Å². The second kappa shape index (κ2) is 8.87. The average molecular weight is 507 g/mol. The van der Waals surface area contributed by atoms with Gasteiger partial charge in [-0.05, 0) is 25.1 Å². The monoisotopic (exact) mass is 506 g/mol. The Bertz CT molecular complexity index is 1540. The molecule has 0 spiro atoms. The predicted molar refractivity (Wildman–Crippen MR) is 121 cm³/mol. The largest absolute Gasteiger partial charge is 0.480 e. The number of hydrogen-bond acceptors (Lipinski definition) is 9. The second-order valence-electron chi connectivity index (χ2n) is 6.95. The number of aryl methyl sites for hydroxylation is 1. The van der Waals surface area contributed by atoms with Crippen LogP contribution in [0.1, 0.15) is 12.6 Å². The summed E-state index contributed by atoms with van der Waals surface area (Å²) >= 11 is 1.17. The maximum atomic E-state index is 14.1. The Balaban J connectivity index is 1.75. The van der Waals surface area contributed by atoms with Crippen LogP contribution in [0.4, 0.5) is 20.4 Å². The molecular formula is C20H16F2N6O4S2. The minimum absolute atomic E-state index is 0.0696. The Morgan fingerprint density at radius 3 is 2.59 bits per heavy atom. The summed E-state index contributed by atoms with van der Waals surface area (Å²) in [5.41, 5.74) is 1.37. The summed E-state index contributed by atoms with van der Waals surface area (Å²) in [4.78, 5) is 28.2. The van der Waals surface area contributed by atoms with E-state index >= 15 is 0 Å². The first-order chi connectivity index (χ1) is 16.1. The lowest BCUT2D eigenvalue weighted by Gasteiger charge is -2.12. The number of ether oxygens (including phenoxy) is 1. The molecule has 4 aromatic rings. The minimum Gasteiger partial charge on any atom is -0.480 e. The van der Waals surface area contributed by atoms with Gasteiger partial charge in [0.1, 0.15) is 37.6 Å². The molecule has 0 aliphatic rings. The number of pyridine rings is 1. The molecule has 0 unspecified atom stereocenters. The van der Waals surface area contributed by atoms with E-state index in [1.54, 1.807) is 6.92 Å². The highest BCUT2D eigenvalue weighted by molar-refractivity contribution is 7.92. The highest BCUT2D eigenvalue weighted by Gasteiger charge is 2.23. The Morgan fingerprint density at radius 2 is 1.91 bits per heavy atom. The van der Waals surface area contributed by atoms with Crippen molar-refractivity contribution < 1.29 is 26.7 Å². The molecule has 2 N–H and O–H groups in total. The number of anilines is 2. The van der Waals surface area contributed by atoms with Gasteiger partial charge in [0.25, 0.3) is 10.0 Å². The number of methoxy groups -OCH3 is 1. The van der Waals surface area contributed by atoms with E-state index in [0.29, 0.717) is 32.7 Å². The third kappa shape index (κ3) is 4.63. The van der Waals surface area contributed by atoms with Crippen molar-refractivity contribution in [2.75, 3.05) is 17.1 Å². The number of thiazole rings is 1. The second-order valence-corrected chi connectivity index (χ2v) is 9.58. The van der Waals surface area contributed by atoms with E-state index < -0.39 is 26.6 Å². The van der Waals surface area contributed by atoms with Crippen molar-refractivity contribution in [3.8, 4) is 16.5 Å². The zero-order valence-electron chi connectivity index (χ0n) is 17.9. The highest BCUT2D eigenvalue weighted by Crippen LogP contribution is 2.35. The van der Waals surface area contributed by atoms with Crippen LogP contribution < -0.4 is 14.8 Å². The van der Waals surface area contributed by atoms with Crippen molar-refractivity contribution >= 4 is 49.3 Å². The van der Waals surface area contributed by atoms with Gasteiger partial charge in [-0.1, -0.05) is 11.3 Å². The number of rotatable bonds is 6. The summed E-state index contributed by atoms with van der Waals surface area (Å²) in [6.07, 6.45) is 1.42.